The van der Waals surface area contributed by atoms with E-state index in [1.54, 1.807) is 0 Å². The van der Waals surface area contributed by atoms with Crippen LogP contribution in [0.3, 0.4) is 0 Å². The van der Waals surface area contributed by atoms with Crippen molar-refractivity contribution in [2.45, 2.75) is 0 Å². The molecular formula is C29H25N3P2. The molecule has 5 heteroatoms. The van der Waals surface area contributed by atoms with Crippen molar-refractivity contribution in [1.82, 2.24) is 4.98 Å². The lowest BCUT2D eigenvalue weighted by Crippen LogP contribution is -2.37. The van der Waals surface area contributed by atoms with Crippen LogP contribution in [0, 0.1) is 0 Å². The Kier molecular flexibility index (Phi) is 6.67. The van der Waals surface area contributed by atoms with Crippen LogP contribution in [-0.2, 0) is 0 Å². The van der Waals surface area contributed by atoms with Crippen molar-refractivity contribution in [1.29, 1.82) is 0 Å². The van der Waals surface area contributed by atoms with Gasteiger partial charge in [-0.15, -0.1) is 0 Å². The van der Waals surface area contributed by atoms with Gasteiger partial charge in [0.2, 0.25) is 0 Å². The van der Waals surface area contributed by atoms with E-state index in [2.05, 4.69) is 114 Å². The van der Waals surface area contributed by atoms with Gasteiger partial charge in [-0.25, -0.2) is 4.98 Å². The molecule has 1 heterocycles. The Labute approximate surface area is 203 Å². The van der Waals surface area contributed by atoms with E-state index in [4.69, 9.17) is 11.5 Å². The van der Waals surface area contributed by atoms with Gasteiger partial charge in [-0.1, -0.05) is 121 Å². The molecule has 0 aliphatic carbocycles. The third-order valence-corrected chi connectivity index (χ3v) is 10.7. The summed E-state index contributed by atoms with van der Waals surface area (Å²) in [6.07, 6.45) is 0. The van der Waals surface area contributed by atoms with Crippen molar-refractivity contribution in [3.63, 3.8) is 0 Å². The van der Waals surface area contributed by atoms with Crippen molar-refractivity contribution < 1.29 is 0 Å². The van der Waals surface area contributed by atoms with Gasteiger partial charge in [0.25, 0.3) is 0 Å². The number of rotatable bonds is 6. The average molecular weight is 477 g/mol. The lowest BCUT2D eigenvalue weighted by Gasteiger charge is -2.28. The van der Waals surface area contributed by atoms with Gasteiger partial charge in [0.15, 0.2) is 0 Å². The Morgan fingerprint density at radius 2 is 0.824 bits per heavy atom. The third-order valence-electron chi connectivity index (χ3n) is 5.54. The highest BCUT2D eigenvalue weighted by Crippen LogP contribution is 2.40. The number of benzene rings is 4. The van der Waals surface area contributed by atoms with Crippen molar-refractivity contribution in [2.75, 3.05) is 11.5 Å². The molecule has 0 saturated heterocycles. The maximum atomic E-state index is 6.73. The number of pyridine rings is 1. The maximum Gasteiger partial charge on any atom is 0.134 e. The highest BCUT2D eigenvalue weighted by Gasteiger charge is 2.28. The van der Waals surface area contributed by atoms with E-state index in [1.165, 1.54) is 21.2 Å². The summed E-state index contributed by atoms with van der Waals surface area (Å²) in [7, 11) is -1.84. The second-order valence-corrected chi connectivity index (χ2v) is 12.1. The summed E-state index contributed by atoms with van der Waals surface area (Å²) in [5.74, 6) is 0.958. The van der Waals surface area contributed by atoms with Crippen molar-refractivity contribution >= 4 is 59.3 Å². The molecule has 4 aromatic carbocycles. The average Bonchev–Trinajstić information content (AvgIpc) is 2.88. The molecule has 0 radical (unpaired) electrons. The van der Waals surface area contributed by atoms with Crippen LogP contribution < -0.4 is 43.3 Å². The summed E-state index contributed by atoms with van der Waals surface area (Å²) in [5, 5.41) is 7.23. The van der Waals surface area contributed by atoms with E-state index >= 15 is 0 Å². The first-order chi connectivity index (χ1) is 16.7. The first kappa shape index (κ1) is 22.3. The molecule has 5 rings (SSSR count). The Bertz CT molecular complexity index is 1280. The van der Waals surface area contributed by atoms with E-state index in [-0.39, 0.29) is 0 Å². The minimum Gasteiger partial charge on any atom is -0.384 e. The number of nitrogens with zero attached hydrogens (tertiary/aromatic N) is 1. The van der Waals surface area contributed by atoms with Crippen LogP contribution in [0.4, 0.5) is 11.6 Å². The summed E-state index contributed by atoms with van der Waals surface area (Å²) < 4.78 is 0. The van der Waals surface area contributed by atoms with E-state index in [1.807, 2.05) is 18.2 Å². The van der Waals surface area contributed by atoms with Crippen LogP contribution in [0.2, 0.25) is 0 Å². The summed E-state index contributed by atoms with van der Waals surface area (Å²) in [6.45, 7) is 0. The van der Waals surface area contributed by atoms with Crippen molar-refractivity contribution in [2.24, 2.45) is 0 Å². The van der Waals surface area contributed by atoms with Crippen LogP contribution in [0.25, 0.3) is 0 Å². The lowest BCUT2D eigenvalue weighted by atomic mass is 10.4. The fourth-order valence-corrected chi connectivity index (χ4v) is 9.42. The largest absolute Gasteiger partial charge is 0.384 e. The minimum absolute atomic E-state index is 0.451. The van der Waals surface area contributed by atoms with Crippen molar-refractivity contribution in [3.05, 3.63) is 127 Å². The van der Waals surface area contributed by atoms with Crippen LogP contribution in [-0.4, -0.2) is 4.98 Å². The standard InChI is InChI=1S/C29H25N3P2/c30-27-21-26(33(22-13-5-1-6-14-22)23-15-7-2-8-16-23)28(29(31)32-27)34(24-17-9-3-10-18-24)25-19-11-4-12-20-25/h1-21H,(H4,30,31,32). The predicted octanol–water partition coefficient (Wildman–Crippen LogP) is 3.76. The normalized spacial score (nSPS) is 11.1. The summed E-state index contributed by atoms with van der Waals surface area (Å²) in [5.41, 5.74) is 13.1. The van der Waals surface area contributed by atoms with Gasteiger partial charge in [-0.2, -0.15) is 0 Å². The number of anilines is 2. The molecule has 0 unspecified atom stereocenters. The number of nitrogens with two attached hydrogens (primary N) is 2. The molecule has 0 bridgehead atoms. The Hall–Kier alpha value is -3.51. The van der Waals surface area contributed by atoms with Crippen LogP contribution in [0.15, 0.2) is 127 Å². The maximum absolute atomic E-state index is 6.73. The Morgan fingerprint density at radius 3 is 1.21 bits per heavy atom. The second kappa shape index (κ2) is 10.2. The van der Waals surface area contributed by atoms with Crippen molar-refractivity contribution in [3.8, 4) is 0 Å². The van der Waals surface area contributed by atoms with Crippen LogP contribution in [0.5, 0.6) is 0 Å². The third kappa shape index (κ3) is 4.59. The Balaban J connectivity index is 1.82. The number of hydrogen-bond acceptors (Lipinski definition) is 3. The monoisotopic (exact) mass is 477 g/mol. The minimum atomic E-state index is -0.940. The van der Waals surface area contributed by atoms with Crippen LogP contribution >= 0.6 is 15.8 Å². The molecule has 0 amide bonds. The number of aromatic nitrogens is 1. The lowest BCUT2D eigenvalue weighted by molar-refractivity contribution is 1.37. The van der Waals surface area contributed by atoms with Gasteiger partial charge in [0.1, 0.15) is 11.6 Å². The summed E-state index contributed by atoms with van der Waals surface area (Å²) in [4.78, 5) is 4.56. The molecule has 0 fully saturated rings. The van der Waals surface area contributed by atoms with Gasteiger partial charge in [0, 0.05) is 10.6 Å². The fourth-order valence-electron chi connectivity index (χ4n) is 4.11. The van der Waals surface area contributed by atoms with E-state index < -0.39 is 15.8 Å². The highest BCUT2D eigenvalue weighted by atomic mass is 31.1. The smallest absolute Gasteiger partial charge is 0.134 e. The molecule has 0 saturated carbocycles. The molecule has 3 nitrogen and oxygen atoms in total. The molecule has 0 aliphatic heterocycles. The molecule has 34 heavy (non-hydrogen) atoms. The molecule has 5 aromatic rings. The number of nitrogen functional groups attached to an aromatic ring is 2. The fraction of sp³-hybridized carbons (Fsp3) is 0. The molecule has 0 atom stereocenters. The first-order valence-corrected chi connectivity index (χ1v) is 13.8. The van der Waals surface area contributed by atoms with Gasteiger partial charge in [-0.05, 0) is 43.1 Å². The highest BCUT2D eigenvalue weighted by molar-refractivity contribution is 7.85. The quantitative estimate of drug-likeness (QED) is 0.366. The summed E-state index contributed by atoms with van der Waals surface area (Å²) in [6, 6.07) is 44.5. The number of hydrogen-bond donors (Lipinski definition) is 2. The van der Waals surface area contributed by atoms with E-state index in [0.717, 1.165) is 10.6 Å². The molecular weight excluding hydrogens is 452 g/mol. The zero-order valence-corrected chi connectivity index (χ0v) is 20.4. The van der Waals surface area contributed by atoms with E-state index in [9.17, 15) is 0 Å². The Morgan fingerprint density at radius 1 is 0.471 bits per heavy atom. The van der Waals surface area contributed by atoms with E-state index in [0.29, 0.717) is 11.6 Å². The SMILES string of the molecule is Nc1cc(P(c2ccccc2)c2ccccc2)c(P(c2ccccc2)c2ccccc2)c(N)n1. The zero-order chi connectivity index (χ0) is 23.3. The van der Waals surface area contributed by atoms with Gasteiger partial charge in [-0.3, -0.25) is 0 Å². The van der Waals surface area contributed by atoms with Gasteiger partial charge >= 0.3 is 0 Å². The zero-order valence-electron chi connectivity index (χ0n) is 18.6. The van der Waals surface area contributed by atoms with Gasteiger partial charge < -0.3 is 11.5 Å². The molecule has 1 aromatic heterocycles. The molecule has 0 spiro atoms. The predicted molar refractivity (Wildman–Crippen MR) is 150 cm³/mol. The first-order valence-electron chi connectivity index (χ1n) is 11.1. The molecule has 0 aliphatic rings. The second-order valence-electron chi connectivity index (χ2n) is 7.81. The summed E-state index contributed by atoms with van der Waals surface area (Å²) >= 11 is 0. The topological polar surface area (TPSA) is 64.9 Å². The van der Waals surface area contributed by atoms with Gasteiger partial charge in [0.05, 0.1) is 0 Å². The molecule has 4 N–H and O–H groups in total. The molecule has 166 valence electrons. The van der Waals surface area contributed by atoms with Crippen LogP contribution in [0.1, 0.15) is 0 Å².